The Morgan fingerprint density at radius 1 is 1.11 bits per heavy atom. The Bertz CT molecular complexity index is 745. The Labute approximate surface area is 161 Å². The highest BCUT2D eigenvalue weighted by atomic mass is 16.5. The fourth-order valence-electron chi connectivity index (χ4n) is 3.46. The molecule has 1 fully saturated rings. The van der Waals surface area contributed by atoms with Crippen molar-refractivity contribution in [2.24, 2.45) is 5.92 Å². The molecule has 0 bridgehead atoms. The lowest BCUT2D eigenvalue weighted by Gasteiger charge is -2.19. The van der Waals surface area contributed by atoms with Crippen molar-refractivity contribution in [2.45, 2.75) is 19.3 Å². The Morgan fingerprint density at radius 3 is 2.63 bits per heavy atom. The minimum absolute atomic E-state index is 0.112. The zero-order valence-electron chi connectivity index (χ0n) is 16.1. The van der Waals surface area contributed by atoms with E-state index in [9.17, 15) is 4.79 Å². The SMILES string of the molecule is COc1ccc(N2CCC(CNC(=O)CCc3cccc(OC)c3)C2)cc1. The Balaban J connectivity index is 1.40. The summed E-state index contributed by atoms with van der Waals surface area (Å²) in [5.41, 5.74) is 2.33. The van der Waals surface area contributed by atoms with E-state index in [0.29, 0.717) is 12.3 Å². The van der Waals surface area contributed by atoms with Gasteiger partial charge in [0.05, 0.1) is 14.2 Å². The van der Waals surface area contributed by atoms with Crippen molar-refractivity contribution in [1.82, 2.24) is 5.32 Å². The number of carbonyl (C=O) groups excluding carboxylic acids is 1. The molecule has 1 amide bonds. The first kappa shape index (κ1) is 19.1. The number of nitrogens with one attached hydrogen (secondary N) is 1. The van der Waals surface area contributed by atoms with E-state index in [-0.39, 0.29) is 5.91 Å². The van der Waals surface area contributed by atoms with Gasteiger partial charge in [-0.05, 0) is 60.7 Å². The highest BCUT2D eigenvalue weighted by Gasteiger charge is 2.23. The maximum atomic E-state index is 12.2. The fraction of sp³-hybridized carbons (Fsp3) is 0.409. The van der Waals surface area contributed by atoms with Gasteiger partial charge in [-0.3, -0.25) is 4.79 Å². The van der Waals surface area contributed by atoms with E-state index in [1.807, 2.05) is 36.4 Å². The van der Waals surface area contributed by atoms with Gasteiger partial charge in [-0.15, -0.1) is 0 Å². The third-order valence-corrected chi connectivity index (χ3v) is 5.09. The molecule has 1 aliphatic heterocycles. The second-order valence-electron chi connectivity index (χ2n) is 6.95. The van der Waals surface area contributed by atoms with Gasteiger partial charge in [0, 0.05) is 31.7 Å². The second-order valence-corrected chi connectivity index (χ2v) is 6.95. The van der Waals surface area contributed by atoms with Crippen molar-refractivity contribution >= 4 is 11.6 Å². The van der Waals surface area contributed by atoms with Crippen LogP contribution in [0.25, 0.3) is 0 Å². The normalized spacial score (nSPS) is 16.2. The summed E-state index contributed by atoms with van der Waals surface area (Å²) in [6, 6.07) is 16.0. The van der Waals surface area contributed by atoms with Crippen molar-refractivity contribution in [1.29, 1.82) is 0 Å². The molecule has 1 heterocycles. The van der Waals surface area contributed by atoms with Crippen LogP contribution in [-0.2, 0) is 11.2 Å². The summed E-state index contributed by atoms with van der Waals surface area (Å²) in [6.45, 7) is 2.74. The molecule has 0 saturated carbocycles. The zero-order chi connectivity index (χ0) is 19.1. The van der Waals surface area contributed by atoms with E-state index in [0.717, 1.165) is 49.5 Å². The highest BCUT2D eigenvalue weighted by Crippen LogP contribution is 2.25. The molecule has 1 N–H and O–H groups in total. The maximum Gasteiger partial charge on any atom is 0.220 e. The summed E-state index contributed by atoms with van der Waals surface area (Å²) in [5.74, 6) is 2.31. The molecule has 27 heavy (non-hydrogen) atoms. The van der Waals surface area contributed by atoms with Gasteiger partial charge in [0.2, 0.25) is 5.91 Å². The molecule has 1 atom stereocenters. The number of hydrogen-bond acceptors (Lipinski definition) is 4. The van der Waals surface area contributed by atoms with Crippen molar-refractivity contribution in [2.75, 3.05) is 38.8 Å². The van der Waals surface area contributed by atoms with E-state index >= 15 is 0 Å². The smallest absolute Gasteiger partial charge is 0.220 e. The van der Waals surface area contributed by atoms with Crippen LogP contribution in [0.5, 0.6) is 11.5 Å². The first-order valence-electron chi connectivity index (χ1n) is 9.46. The van der Waals surface area contributed by atoms with Crippen LogP contribution in [0.4, 0.5) is 5.69 Å². The van der Waals surface area contributed by atoms with E-state index in [2.05, 4.69) is 22.3 Å². The quantitative estimate of drug-likeness (QED) is 0.777. The summed E-state index contributed by atoms with van der Waals surface area (Å²) in [6.07, 6.45) is 2.33. The molecule has 5 nitrogen and oxygen atoms in total. The first-order chi connectivity index (χ1) is 13.2. The molecule has 2 aromatic carbocycles. The minimum atomic E-state index is 0.112. The number of ether oxygens (including phenoxy) is 2. The number of nitrogens with zero attached hydrogens (tertiary/aromatic N) is 1. The van der Waals surface area contributed by atoms with Gasteiger partial charge in [-0.25, -0.2) is 0 Å². The zero-order valence-corrected chi connectivity index (χ0v) is 16.1. The van der Waals surface area contributed by atoms with Crippen molar-refractivity contribution in [3.05, 3.63) is 54.1 Å². The van der Waals surface area contributed by atoms with Gasteiger partial charge in [0.1, 0.15) is 11.5 Å². The summed E-state index contributed by atoms with van der Waals surface area (Å²) in [4.78, 5) is 14.5. The van der Waals surface area contributed by atoms with Crippen LogP contribution < -0.4 is 19.7 Å². The van der Waals surface area contributed by atoms with Crippen LogP contribution in [0.15, 0.2) is 48.5 Å². The molecule has 2 aromatic rings. The largest absolute Gasteiger partial charge is 0.497 e. The summed E-state index contributed by atoms with van der Waals surface area (Å²) < 4.78 is 10.4. The number of hydrogen-bond donors (Lipinski definition) is 1. The lowest BCUT2D eigenvalue weighted by atomic mass is 10.1. The highest BCUT2D eigenvalue weighted by molar-refractivity contribution is 5.76. The maximum absolute atomic E-state index is 12.2. The predicted molar refractivity (Wildman–Crippen MR) is 108 cm³/mol. The summed E-state index contributed by atoms with van der Waals surface area (Å²) in [5, 5.41) is 3.10. The van der Waals surface area contributed by atoms with Gasteiger partial charge < -0.3 is 19.7 Å². The van der Waals surface area contributed by atoms with Crippen LogP contribution in [0, 0.1) is 5.92 Å². The molecule has 5 heteroatoms. The molecule has 1 saturated heterocycles. The number of aryl methyl sites for hydroxylation is 1. The van der Waals surface area contributed by atoms with E-state index in [1.54, 1.807) is 14.2 Å². The fourth-order valence-corrected chi connectivity index (χ4v) is 3.46. The van der Waals surface area contributed by atoms with E-state index in [1.165, 1.54) is 5.69 Å². The average Bonchev–Trinajstić information content (AvgIpc) is 3.20. The van der Waals surface area contributed by atoms with Crippen LogP contribution >= 0.6 is 0 Å². The molecule has 0 radical (unpaired) electrons. The third kappa shape index (κ3) is 5.39. The molecular weight excluding hydrogens is 340 g/mol. The molecule has 0 spiro atoms. The van der Waals surface area contributed by atoms with Crippen LogP contribution in [-0.4, -0.2) is 39.8 Å². The Hall–Kier alpha value is -2.69. The van der Waals surface area contributed by atoms with Gasteiger partial charge >= 0.3 is 0 Å². The van der Waals surface area contributed by atoms with Crippen LogP contribution in [0.2, 0.25) is 0 Å². The van der Waals surface area contributed by atoms with Gasteiger partial charge in [-0.2, -0.15) is 0 Å². The molecule has 3 rings (SSSR count). The van der Waals surface area contributed by atoms with Gasteiger partial charge in [0.15, 0.2) is 0 Å². The van der Waals surface area contributed by atoms with Crippen molar-refractivity contribution < 1.29 is 14.3 Å². The number of carbonyl (C=O) groups is 1. The topological polar surface area (TPSA) is 50.8 Å². The summed E-state index contributed by atoms with van der Waals surface area (Å²) in [7, 11) is 3.33. The third-order valence-electron chi connectivity index (χ3n) is 5.09. The number of benzene rings is 2. The number of anilines is 1. The lowest BCUT2D eigenvalue weighted by molar-refractivity contribution is -0.121. The van der Waals surface area contributed by atoms with Crippen LogP contribution in [0.3, 0.4) is 0 Å². The first-order valence-corrected chi connectivity index (χ1v) is 9.46. The summed E-state index contributed by atoms with van der Waals surface area (Å²) >= 11 is 0. The average molecular weight is 368 g/mol. The van der Waals surface area contributed by atoms with Crippen LogP contribution in [0.1, 0.15) is 18.4 Å². The lowest BCUT2D eigenvalue weighted by Crippen LogP contribution is -2.31. The number of methoxy groups -OCH3 is 2. The Kier molecular flexibility index (Phi) is 6.58. The molecule has 0 aromatic heterocycles. The van der Waals surface area contributed by atoms with Gasteiger partial charge in [0.25, 0.3) is 0 Å². The molecular formula is C22H28N2O3. The standard InChI is InChI=1S/C22H28N2O3/c1-26-20-9-7-19(8-10-20)24-13-12-18(16-24)15-23-22(25)11-6-17-4-3-5-21(14-17)27-2/h3-5,7-10,14,18H,6,11-13,15-16H2,1-2H3,(H,23,25). The minimum Gasteiger partial charge on any atom is -0.497 e. The number of rotatable bonds is 8. The monoisotopic (exact) mass is 368 g/mol. The Morgan fingerprint density at radius 2 is 1.89 bits per heavy atom. The molecule has 1 unspecified atom stereocenters. The second kappa shape index (κ2) is 9.31. The predicted octanol–water partition coefficient (Wildman–Crippen LogP) is 3.28. The van der Waals surface area contributed by atoms with Crippen molar-refractivity contribution in [3.8, 4) is 11.5 Å². The van der Waals surface area contributed by atoms with E-state index in [4.69, 9.17) is 9.47 Å². The number of amides is 1. The van der Waals surface area contributed by atoms with E-state index < -0.39 is 0 Å². The molecule has 0 aliphatic carbocycles. The molecule has 144 valence electrons. The van der Waals surface area contributed by atoms with Crippen molar-refractivity contribution in [3.63, 3.8) is 0 Å². The molecule has 1 aliphatic rings. The van der Waals surface area contributed by atoms with Gasteiger partial charge in [-0.1, -0.05) is 12.1 Å².